The number of aliphatic hydroxyl groups excluding tert-OH is 1. The van der Waals surface area contributed by atoms with Gasteiger partial charge in [0, 0.05) is 21.0 Å². The van der Waals surface area contributed by atoms with Crippen LogP contribution in [0.15, 0.2) is 6.20 Å². The van der Waals surface area contributed by atoms with E-state index in [1.807, 2.05) is 0 Å². The molecule has 0 spiro atoms. The van der Waals surface area contributed by atoms with E-state index < -0.39 is 62.6 Å². The van der Waals surface area contributed by atoms with Crippen molar-refractivity contribution in [2.45, 2.75) is 57.6 Å². The molecule has 2 aromatic rings. The van der Waals surface area contributed by atoms with Crippen LogP contribution < -0.4 is 0 Å². The number of aromatic nitrogens is 4. The van der Waals surface area contributed by atoms with Crippen LogP contribution in [0.1, 0.15) is 33.9 Å². The summed E-state index contributed by atoms with van der Waals surface area (Å²) in [6, 6.07) is 0. The third-order valence-electron chi connectivity index (χ3n) is 5.72. The summed E-state index contributed by atoms with van der Waals surface area (Å²) < 4.78 is 54.1. The second-order valence-electron chi connectivity index (χ2n) is 8.54. The number of carbonyl (C=O) groups excluding carboxylic acids is 2. The van der Waals surface area contributed by atoms with Crippen molar-refractivity contribution >= 4 is 53.8 Å². The zero-order valence-corrected chi connectivity index (χ0v) is 24.9. The van der Waals surface area contributed by atoms with Crippen molar-refractivity contribution in [2.24, 2.45) is 0 Å². The SMILES string of the molecule is CCOP(=O)(OCC)C(COC)(COC(C)=O)OC[C@H]1O[C@@H](n2ncc3c(Cl)nc(Cl)nc32)[C@H](O)[C@@H]1OC(C)=O. The van der Waals surface area contributed by atoms with Crippen molar-refractivity contribution in [3.8, 4) is 0 Å². The normalized spacial score (nSPS) is 22.8. The standard InChI is InChI=1S/C22H31Cl2N4O11P/c1-6-36-40(32,37-7-2)22(10-33-5,11-34-12(3)29)35-9-15-17(38-13(4)30)16(31)20(39-15)28-19-14(8-25-28)18(23)26-21(24)27-19/h8,15-17,20,31H,6-7,9-11H2,1-5H3/t15-,16-,17-,20-,22?/m1/s1. The Morgan fingerprint density at radius 3 is 2.40 bits per heavy atom. The molecule has 1 aliphatic rings. The highest BCUT2D eigenvalue weighted by molar-refractivity contribution is 7.55. The summed E-state index contributed by atoms with van der Waals surface area (Å²) in [5, 5.41) is 13.6. The molecule has 0 radical (unpaired) electrons. The summed E-state index contributed by atoms with van der Waals surface area (Å²) in [5.74, 6) is -1.40. The quantitative estimate of drug-likeness (QED) is 0.139. The molecule has 0 aliphatic carbocycles. The van der Waals surface area contributed by atoms with Crippen LogP contribution in [-0.2, 0) is 46.9 Å². The van der Waals surface area contributed by atoms with Crippen LogP contribution in [0.3, 0.4) is 0 Å². The molecule has 0 aromatic carbocycles. The van der Waals surface area contributed by atoms with Crippen LogP contribution in [0.2, 0.25) is 10.4 Å². The maximum atomic E-state index is 14.0. The Bertz CT molecular complexity index is 1240. The smallest absolute Gasteiger partial charge is 0.368 e. The minimum atomic E-state index is -4.17. The molecule has 224 valence electrons. The molecule has 3 heterocycles. The first-order valence-corrected chi connectivity index (χ1v) is 14.4. The van der Waals surface area contributed by atoms with Gasteiger partial charge in [0.2, 0.25) is 10.6 Å². The lowest BCUT2D eigenvalue weighted by Gasteiger charge is -2.38. The fraction of sp³-hybridized carbons (Fsp3) is 0.682. The Labute approximate surface area is 239 Å². The molecule has 0 amide bonds. The second kappa shape index (κ2) is 13.8. The van der Waals surface area contributed by atoms with E-state index in [9.17, 15) is 19.3 Å². The van der Waals surface area contributed by atoms with Gasteiger partial charge < -0.3 is 37.8 Å². The highest BCUT2D eigenvalue weighted by Crippen LogP contribution is 2.61. The van der Waals surface area contributed by atoms with Gasteiger partial charge in [-0.2, -0.15) is 10.1 Å². The van der Waals surface area contributed by atoms with Gasteiger partial charge in [0.25, 0.3) is 0 Å². The number of esters is 2. The molecule has 1 unspecified atom stereocenters. The molecule has 1 saturated heterocycles. The van der Waals surface area contributed by atoms with Gasteiger partial charge in [-0.25, -0.2) is 9.67 Å². The molecule has 0 bridgehead atoms. The number of fused-ring (bicyclic) bond motifs is 1. The molecule has 1 aliphatic heterocycles. The van der Waals surface area contributed by atoms with Crippen molar-refractivity contribution < 1.29 is 52.0 Å². The van der Waals surface area contributed by atoms with E-state index in [1.165, 1.54) is 18.0 Å². The predicted octanol–water partition coefficient (Wildman–Crippen LogP) is 2.51. The fourth-order valence-electron chi connectivity index (χ4n) is 4.10. The molecule has 2 aromatic heterocycles. The molecule has 18 heteroatoms. The number of methoxy groups -OCH3 is 1. The number of ether oxygens (including phenoxy) is 5. The second-order valence-corrected chi connectivity index (χ2v) is 11.6. The largest absolute Gasteiger partial charge is 0.462 e. The molecule has 3 rings (SSSR count). The van der Waals surface area contributed by atoms with Crippen molar-refractivity contribution in [1.29, 1.82) is 0 Å². The lowest BCUT2D eigenvalue weighted by Crippen LogP contribution is -2.47. The highest BCUT2D eigenvalue weighted by atomic mass is 35.5. The number of rotatable bonds is 14. The van der Waals surface area contributed by atoms with Crippen molar-refractivity contribution in [3.63, 3.8) is 0 Å². The van der Waals surface area contributed by atoms with Crippen molar-refractivity contribution in [1.82, 2.24) is 19.7 Å². The first-order chi connectivity index (χ1) is 18.9. The number of hydrogen-bond donors (Lipinski definition) is 1. The number of nitrogens with zero attached hydrogens (tertiary/aromatic N) is 4. The van der Waals surface area contributed by atoms with Crippen LogP contribution >= 0.6 is 30.8 Å². The Morgan fingerprint density at radius 2 is 1.82 bits per heavy atom. The molecule has 5 atom stereocenters. The number of halogens is 2. The minimum Gasteiger partial charge on any atom is -0.462 e. The number of hydrogen-bond acceptors (Lipinski definition) is 14. The summed E-state index contributed by atoms with van der Waals surface area (Å²) in [7, 11) is -2.85. The maximum Gasteiger partial charge on any atom is 0.368 e. The summed E-state index contributed by atoms with van der Waals surface area (Å²) in [6.45, 7) is 4.07. The monoisotopic (exact) mass is 628 g/mol. The minimum absolute atomic E-state index is 0.0255. The summed E-state index contributed by atoms with van der Waals surface area (Å²) >= 11 is 12.1. The van der Waals surface area contributed by atoms with E-state index in [2.05, 4.69) is 15.1 Å². The van der Waals surface area contributed by atoms with Gasteiger partial charge in [0.15, 0.2) is 18.0 Å². The summed E-state index contributed by atoms with van der Waals surface area (Å²) in [4.78, 5) is 31.6. The van der Waals surface area contributed by atoms with Gasteiger partial charge in [-0.3, -0.25) is 14.2 Å². The van der Waals surface area contributed by atoms with E-state index in [4.69, 9.17) is 55.9 Å². The lowest BCUT2D eigenvalue weighted by molar-refractivity contribution is -0.165. The van der Waals surface area contributed by atoms with E-state index >= 15 is 0 Å². The third kappa shape index (κ3) is 6.92. The Balaban J connectivity index is 1.99. The zero-order valence-electron chi connectivity index (χ0n) is 22.4. The van der Waals surface area contributed by atoms with Gasteiger partial charge in [-0.05, 0) is 25.4 Å². The van der Waals surface area contributed by atoms with Crippen LogP contribution in [0.5, 0.6) is 0 Å². The van der Waals surface area contributed by atoms with E-state index in [0.29, 0.717) is 5.39 Å². The fourth-order valence-corrected chi connectivity index (χ4v) is 6.49. The molecule has 0 saturated carbocycles. The Kier molecular flexibility index (Phi) is 11.3. The Hall–Kier alpha value is -1.94. The summed E-state index contributed by atoms with van der Waals surface area (Å²) in [6.07, 6.45) is -3.78. The van der Waals surface area contributed by atoms with Gasteiger partial charge in [0.05, 0.1) is 38.0 Å². The van der Waals surface area contributed by atoms with Gasteiger partial charge in [0.1, 0.15) is 24.0 Å². The Morgan fingerprint density at radius 1 is 1.15 bits per heavy atom. The van der Waals surface area contributed by atoms with E-state index in [0.717, 1.165) is 13.8 Å². The highest BCUT2D eigenvalue weighted by Gasteiger charge is 2.56. The molecule has 1 fully saturated rings. The number of aliphatic hydroxyl groups is 1. The van der Waals surface area contributed by atoms with Crippen LogP contribution in [-0.4, -0.2) is 101 Å². The van der Waals surface area contributed by atoms with Gasteiger partial charge in [-0.1, -0.05) is 11.6 Å². The first kappa shape index (κ1) is 32.6. The van der Waals surface area contributed by atoms with Crippen molar-refractivity contribution in [3.05, 3.63) is 16.6 Å². The lowest BCUT2D eigenvalue weighted by atomic mass is 10.1. The third-order valence-corrected chi connectivity index (χ3v) is 8.76. The van der Waals surface area contributed by atoms with E-state index in [-0.39, 0.29) is 35.9 Å². The average Bonchev–Trinajstić information content (AvgIpc) is 3.42. The van der Waals surface area contributed by atoms with Crippen LogP contribution in [0, 0.1) is 0 Å². The maximum absolute atomic E-state index is 14.0. The van der Waals surface area contributed by atoms with E-state index in [1.54, 1.807) is 13.8 Å². The molecule has 40 heavy (non-hydrogen) atoms. The van der Waals surface area contributed by atoms with Gasteiger partial charge in [-0.15, -0.1) is 0 Å². The van der Waals surface area contributed by atoms with Crippen LogP contribution in [0.4, 0.5) is 0 Å². The molecule has 15 nitrogen and oxygen atoms in total. The topological polar surface area (TPSA) is 180 Å². The first-order valence-electron chi connectivity index (χ1n) is 12.1. The molecule has 1 N–H and O–H groups in total. The number of carbonyl (C=O) groups is 2. The average molecular weight is 629 g/mol. The molecular formula is C22H31Cl2N4O11P. The van der Waals surface area contributed by atoms with Gasteiger partial charge >= 0.3 is 19.5 Å². The molecular weight excluding hydrogens is 598 g/mol. The summed E-state index contributed by atoms with van der Waals surface area (Å²) in [5.41, 5.74) is 0.151. The zero-order chi connectivity index (χ0) is 29.7. The predicted molar refractivity (Wildman–Crippen MR) is 139 cm³/mol. The van der Waals surface area contributed by atoms with Crippen molar-refractivity contribution in [2.75, 3.05) is 40.1 Å². The van der Waals surface area contributed by atoms with Crippen LogP contribution in [0.25, 0.3) is 11.0 Å².